The summed E-state index contributed by atoms with van der Waals surface area (Å²) in [6.45, 7) is 4.64. The molecule has 5 heteroatoms. The standard InChI is InChI=1S/C11H15ClFN3/c1-8-7-16(4-3-15(8)2)11-10(13)5-9(12)6-14-11/h5-6,8H,3-4,7H2,1-2H3. The molecule has 0 radical (unpaired) electrons. The first-order valence-corrected chi connectivity index (χ1v) is 5.72. The van der Waals surface area contributed by atoms with E-state index in [0.717, 1.165) is 19.6 Å². The van der Waals surface area contributed by atoms with Crippen LogP contribution in [0.25, 0.3) is 0 Å². The quantitative estimate of drug-likeness (QED) is 0.752. The highest BCUT2D eigenvalue weighted by Gasteiger charge is 2.23. The zero-order valence-corrected chi connectivity index (χ0v) is 10.2. The van der Waals surface area contributed by atoms with E-state index in [0.29, 0.717) is 16.9 Å². The van der Waals surface area contributed by atoms with E-state index in [1.54, 1.807) is 0 Å². The summed E-state index contributed by atoms with van der Waals surface area (Å²) in [5.41, 5.74) is 0. The molecule has 0 saturated carbocycles. The zero-order valence-electron chi connectivity index (χ0n) is 9.45. The Bertz CT molecular complexity index is 385. The summed E-state index contributed by atoms with van der Waals surface area (Å²) in [5.74, 6) is 0.0635. The molecule has 1 aliphatic rings. The first kappa shape index (κ1) is 11.6. The summed E-state index contributed by atoms with van der Waals surface area (Å²) in [5, 5.41) is 0.337. The lowest BCUT2D eigenvalue weighted by atomic mass is 10.2. The van der Waals surface area contributed by atoms with Crippen molar-refractivity contribution >= 4 is 17.4 Å². The third-order valence-corrected chi connectivity index (χ3v) is 3.25. The minimum atomic E-state index is -0.343. The first-order valence-electron chi connectivity index (χ1n) is 5.34. The molecule has 1 unspecified atom stereocenters. The first-order chi connectivity index (χ1) is 7.58. The molecule has 2 heterocycles. The molecule has 0 aliphatic carbocycles. The van der Waals surface area contributed by atoms with Gasteiger partial charge in [0.25, 0.3) is 0 Å². The van der Waals surface area contributed by atoms with Gasteiger partial charge in [-0.1, -0.05) is 11.6 Å². The highest BCUT2D eigenvalue weighted by atomic mass is 35.5. The lowest BCUT2D eigenvalue weighted by Gasteiger charge is -2.38. The monoisotopic (exact) mass is 243 g/mol. The predicted octanol–water partition coefficient (Wildman–Crippen LogP) is 2.01. The molecule has 1 aromatic heterocycles. The average Bonchev–Trinajstić information content (AvgIpc) is 2.22. The Labute approximate surface area is 99.8 Å². The number of halogens is 2. The molecule has 0 aromatic carbocycles. The summed E-state index contributed by atoms with van der Waals surface area (Å²) in [6.07, 6.45) is 1.49. The Morgan fingerprint density at radius 1 is 1.50 bits per heavy atom. The Hall–Kier alpha value is -0.870. The average molecular weight is 244 g/mol. The van der Waals surface area contributed by atoms with Crippen molar-refractivity contribution < 1.29 is 4.39 Å². The van der Waals surface area contributed by atoms with Crippen LogP contribution < -0.4 is 4.90 Å². The number of likely N-dealkylation sites (N-methyl/N-ethyl adjacent to an activating group) is 1. The number of piperazine rings is 1. The summed E-state index contributed by atoms with van der Waals surface area (Å²) in [4.78, 5) is 8.28. The molecule has 1 atom stereocenters. The number of anilines is 1. The van der Waals surface area contributed by atoms with E-state index in [-0.39, 0.29) is 5.82 Å². The summed E-state index contributed by atoms with van der Waals surface area (Å²) in [6, 6.07) is 1.72. The Morgan fingerprint density at radius 2 is 2.25 bits per heavy atom. The second-order valence-corrected chi connectivity index (χ2v) is 4.67. The van der Waals surface area contributed by atoms with Gasteiger partial charge >= 0.3 is 0 Å². The van der Waals surface area contributed by atoms with Gasteiger partial charge in [0.05, 0.1) is 5.02 Å². The molecule has 1 fully saturated rings. The van der Waals surface area contributed by atoms with E-state index in [1.807, 2.05) is 4.90 Å². The molecule has 1 aliphatic heterocycles. The molecule has 88 valence electrons. The second kappa shape index (κ2) is 4.55. The molecule has 0 spiro atoms. The van der Waals surface area contributed by atoms with Crippen LogP contribution in [0.5, 0.6) is 0 Å². The number of pyridine rings is 1. The van der Waals surface area contributed by atoms with E-state index in [9.17, 15) is 4.39 Å². The van der Waals surface area contributed by atoms with Crippen LogP contribution in [0.3, 0.4) is 0 Å². The maximum absolute atomic E-state index is 13.7. The van der Waals surface area contributed by atoms with E-state index in [4.69, 9.17) is 11.6 Å². The van der Waals surface area contributed by atoms with Crippen LogP contribution >= 0.6 is 11.6 Å². The van der Waals surface area contributed by atoms with E-state index >= 15 is 0 Å². The third kappa shape index (κ3) is 2.28. The third-order valence-electron chi connectivity index (χ3n) is 3.05. The van der Waals surface area contributed by atoms with Crippen LogP contribution in [0.1, 0.15) is 6.92 Å². The number of hydrogen-bond donors (Lipinski definition) is 0. The van der Waals surface area contributed by atoms with Crippen molar-refractivity contribution in [2.75, 3.05) is 31.6 Å². The largest absolute Gasteiger partial charge is 0.351 e. The van der Waals surface area contributed by atoms with Crippen molar-refractivity contribution in [3.63, 3.8) is 0 Å². The molecule has 0 amide bonds. The fourth-order valence-electron chi connectivity index (χ4n) is 1.88. The maximum Gasteiger partial charge on any atom is 0.167 e. The molecular weight excluding hydrogens is 229 g/mol. The van der Waals surface area contributed by atoms with Crippen molar-refractivity contribution in [2.24, 2.45) is 0 Å². The summed E-state index contributed by atoms with van der Waals surface area (Å²) in [7, 11) is 2.08. The molecule has 1 saturated heterocycles. The van der Waals surface area contributed by atoms with Gasteiger partial charge in [0.15, 0.2) is 11.6 Å². The smallest absolute Gasteiger partial charge is 0.167 e. The van der Waals surface area contributed by atoms with E-state index < -0.39 is 0 Å². The van der Waals surface area contributed by atoms with Crippen LogP contribution in [0.2, 0.25) is 5.02 Å². The lowest BCUT2D eigenvalue weighted by molar-refractivity contribution is 0.232. The molecule has 0 N–H and O–H groups in total. The van der Waals surface area contributed by atoms with Gasteiger partial charge in [0.1, 0.15) is 0 Å². The highest BCUT2D eigenvalue weighted by Crippen LogP contribution is 2.21. The van der Waals surface area contributed by atoms with Gasteiger partial charge in [-0.25, -0.2) is 9.37 Å². The van der Waals surface area contributed by atoms with Gasteiger partial charge in [-0.3, -0.25) is 0 Å². The molecule has 2 rings (SSSR count). The van der Waals surface area contributed by atoms with Crippen LogP contribution in [0, 0.1) is 5.82 Å². The maximum atomic E-state index is 13.7. The number of rotatable bonds is 1. The highest BCUT2D eigenvalue weighted by molar-refractivity contribution is 6.30. The summed E-state index contributed by atoms with van der Waals surface area (Å²) < 4.78 is 13.7. The van der Waals surface area contributed by atoms with Crippen molar-refractivity contribution in [2.45, 2.75) is 13.0 Å². The predicted molar refractivity (Wildman–Crippen MR) is 63.5 cm³/mol. The molecule has 3 nitrogen and oxygen atoms in total. The Morgan fingerprint density at radius 3 is 2.88 bits per heavy atom. The zero-order chi connectivity index (χ0) is 11.7. The topological polar surface area (TPSA) is 19.4 Å². The molecule has 1 aromatic rings. The number of hydrogen-bond acceptors (Lipinski definition) is 3. The van der Waals surface area contributed by atoms with Crippen molar-refractivity contribution in [3.8, 4) is 0 Å². The van der Waals surface area contributed by atoms with Gasteiger partial charge in [-0.15, -0.1) is 0 Å². The van der Waals surface area contributed by atoms with E-state index in [2.05, 4.69) is 23.9 Å². The van der Waals surface area contributed by atoms with Gasteiger partial charge in [0.2, 0.25) is 0 Å². The van der Waals surface area contributed by atoms with Crippen LogP contribution in [0.15, 0.2) is 12.3 Å². The summed E-state index contributed by atoms with van der Waals surface area (Å²) >= 11 is 5.68. The van der Waals surface area contributed by atoms with Gasteiger partial charge in [-0.05, 0) is 20.0 Å². The Balaban J connectivity index is 2.18. The van der Waals surface area contributed by atoms with Crippen molar-refractivity contribution in [1.82, 2.24) is 9.88 Å². The normalized spacial score (nSPS) is 22.5. The fraction of sp³-hybridized carbons (Fsp3) is 0.545. The Kier molecular flexibility index (Phi) is 3.30. The molecule has 0 bridgehead atoms. The molecular formula is C11H15ClFN3. The van der Waals surface area contributed by atoms with Crippen molar-refractivity contribution in [1.29, 1.82) is 0 Å². The second-order valence-electron chi connectivity index (χ2n) is 4.23. The minimum Gasteiger partial charge on any atom is -0.351 e. The van der Waals surface area contributed by atoms with Gasteiger partial charge in [0, 0.05) is 31.9 Å². The van der Waals surface area contributed by atoms with E-state index in [1.165, 1.54) is 12.3 Å². The number of nitrogens with zero attached hydrogens (tertiary/aromatic N) is 3. The fourth-order valence-corrected chi connectivity index (χ4v) is 2.03. The van der Waals surface area contributed by atoms with Crippen LogP contribution in [0.4, 0.5) is 10.2 Å². The van der Waals surface area contributed by atoms with Gasteiger partial charge in [-0.2, -0.15) is 0 Å². The van der Waals surface area contributed by atoms with Gasteiger partial charge < -0.3 is 9.80 Å². The van der Waals surface area contributed by atoms with Crippen molar-refractivity contribution in [3.05, 3.63) is 23.1 Å². The molecule has 16 heavy (non-hydrogen) atoms. The van der Waals surface area contributed by atoms with Crippen LogP contribution in [-0.2, 0) is 0 Å². The van der Waals surface area contributed by atoms with Crippen LogP contribution in [-0.4, -0.2) is 42.6 Å². The minimum absolute atomic E-state index is 0.337. The number of aromatic nitrogens is 1. The SMILES string of the molecule is CC1CN(c2ncc(Cl)cc2F)CCN1C. The lowest BCUT2D eigenvalue weighted by Crippen LogP contribution is -2.50.